The Balaban J connectivity index is 2.15. The highest BCUT2D eigenvalue weighted by Crippen LogP contribution is 2.28. The number of hydrogen-bond donors (Lipinski definition) is 2. The van der Waals surface area contributed by atoms with Gasteiger partial charge < -0.3 is 20.1 Å². The summed E-state index contributed by atoms with van der Waals surface area (Å²) < 4.78 is 7.09. The van der Waals surface area contributed by atoms with Crippen molar-refractivity contribution in [1.82, 2.24) is 24.7 Å². The van der Waals surface area contributed by atoms with E-state index in [1.165, 1.54) is 0 Å². The molecule has 0 amide bonds. The lowest BCUT2D eigenvalue weighted by atomic mass is 10.3. The Bertz CT molecular complexity index is 882. The maximum absolute atomic E-state index is 9.26. The largest absolute Gasteiger partial charge is 0.395 e. The number of likely N-dealkylation sites (N-methyl/N-ethyl adjacent to an activating group) is 1. The van der Waals surface area contributed by atoms with Crippen LogP contribution in [0.5, 0.6) is 0 Å². The van der Waals surface area contributed by atoms with Crippen LogP contribution in [0, 0.1) is 0 Å². The molecule has 3 rings (SSSR count). The third-order valence-electron chi connectivity index (χ3n) is 4.18. The molecule has 0 unspecified atom stereocenters. The fraction of sp³-hybridized carbons (Fsp3) is 0.444. The molecule has 9 nitrogen and oxygen atoms in total. The minimum absolute atomic E-state index is 0.0225. The van der Waals surface area contributed by atoms with Gasteiger partial charge in [0.25, 0.3) is 0 Å². The topological polar surface area (TPSA) is 101 Å². The van der Waals surface area contributed by atoms with Gasteiger partial charge in [-0.2, -0.15) is 10.1 Å². The van der Waals surface area contributed by atoms with Crippen molar-refractivity contribution in [2.75, 3.05) is 44.1 Å². The van der Waals surface area contributed by atoms with Gasteiger partial charge in [0.1, 0.15) is 16.9 Å². The summed E-state index contributed by atoms with van der Waals surface area (Å²) in [7, 11) is 3.51. The maximum atomic E-state index is 9.26. The van der Waals surface area contributed by atoms with Crippen molar-refractivity contribution in [1.29, 1.82) is 0 Å². The lowest BCUT2D eigenvalue weighted by molar-refractivity contribution is 0.184. The number of fused-ring (bicyclic) bond motifs is 1. The van der Waals surface area contributed by atoms with Gasteiger partial charge in [0.05, 0.1) is 25.5 Å². The van der Waals surface area contributed by atoms with E-state index in [-0.39, 0.29) is 6.61 Å². The van der Waals surface area contributed by atoms with Gasteiger partial charge >= 0.3 is 0 Å². The van der Waals surface area contributed by atoms with Crippen molar-refractivity contribution in [3.8, 4) is 0 Å². The van der Waals surface area contributed by atoms with E-state index in [0.29, 0.717) is 37.3 Å². The molecular weight excluding hydrogens is 346 g/mol. The molecule has 3 aromatic heterocycles. The molecule has 0 saturated carbocycles. The van der Waals surface area contributed by atoms with E-state index in [9.17, 15) is 5.11 Å². The standard InChI is InChI=1S/C18H25N7O2/c1-4-13-15-16(25(23-13)10-12-27-3)17(20-14-7-5-6-8-19-14)22-18(21-15)24(2)9-11-26/h5-8,26H,4,9-12H2,1-3H3,(H,19,20,21,22). The first kappa shape index (κ1) is 19.0. The maximum Gasteiger partial charge on any atom is 0.227 e. The molecule has 0 aliphatic carbocycles. The van der Waals surface area contributed by atoms with E-state index in [0.717, 1.165) is 23.1 Å². The number of aryl methyl sites for hydroxylation is 1. The van der Waals surface area contributed by atoms with E-state index in [1.54, 1.807) is 13.3 Å². The van der Waals surface area contributed by atoms with Crippen LogP contribution in [0.1, 0.15) is 12.6 Å². The van der Waals surface area contributed by atoms with Gasteiger partial charge in [-0.1, -0.05) is 13.0 Å². The summed E-state index contributed by atoms with van der Waals surface area (Å²) in [6, 6.07) is 5.65. The molecule has 0 aromatic carbocycles. The first-order valence-corrected chi connectivity index (χ1v) is 8.94. The molecule has 3 aromatic rings. The number of hydrogen-bond acceptors (Lipinski definition) is 8. The molecule has 0 aliphatic heterocycles. The number of anilines is 3. The SMILES string of the molecule is CCc1nn(CCOC)c2c(Nc3ccccn3)nc(N(C)CCO)nc12. The van der Waals surface area contributed by atoms with Crippen molar-refractivity contribution >= 4 is 28.6 Å². The number of aliphatic hydroxyl groups is 1. The van der Waals surface area contributed by atoms with Gasteiger partial charge in [-0.25, -0.2) is 9.97 Å². The van der Waals surface area contributed by atoms with Gasteiger partial charge in [0, 0.05) is 26.9 Å². The molecular formula is C18H25N7O2. The Labute approximate surface area is 158 Å². The molecule has 0 saturated heterocycles. The third kappa shape index (κ3) is 4.15. The van der Waals surface area contributed by atoms with E-state index in [4.69, 9.17) is 14.8 Å². The summed E-state index contributed by atoms with van der Waals surface area (Å²) in [5.74, 6) is 1.84. The quantitative estimate of drug-likeness (QED) is 0.585. The summed E-state index contributed by atoms with van der Waals surface area (Å²) in [5, 5.41) is 17.2. The van der Waals surface area contributed by atoms with E-state index in [2.05, 4.69) is 15.3 Å². The molecule has 9 heteroatoms. The Kier molecular flexibility index (Phi) is 6.15. The average molecular weight is 371 g/mol. The summed E-state index contributed by atoms with van der Waals surface area (Å²) in [4.78, 5) is 15.5. The fourth-order valence-corrected chi connectivity index (χ4v) is 2.78. The van der Waals surface area contributed by atoms with Gasteiger partial charge in [0.2, 0.25) is 5.95 Å². The van der Waals surface area contributed by atoms with Crippen molar-refractivity contribution in [3.05, 3.63) is 30.1 Å². The summed E-state index contributed by atoms with van der Waals surface area (Å²) >= 11 is 0. The number of nitrogens with zero attached hydrogens (tertiary/aromatic N) is 6. The zero-order chi connectivity index (χ0) is 19.2. The molecule has 144 valence electrons. The number of ether oxygens (including phenoxy) is 1. The second-order valence-electron chi connectivity index (χ2n) is 6.07. The van der Waals surface area contributed by atoms with Crippen LogP contribution >= 0.6 is 0 Å². The molecule has 27 heavy (non-hydrogen) atoms. The van der Waals surface area contributed by atoms with Crippen LogP contribution in [0.2, 0.25) is 0 Å². The normalized spacial score (nSPS) is 11.1. The van der Waals surface area contributed by atoms with Crippen molar-refractivity contribution in [2.24, 2.45) is 0 Å². The third-order valence-corrected chi connectivity index (χ3v) is 4.18. The highest BCUT2D eigenvalue weighted by molar-refractivity contribution is 5.90. The number of aliphatic hydroxyl groups excluding tert-OH is 1. The molecule has 0 atom stereocenters. The van der Waals surface area contributed by atoms with Crippen molar-refractivity contribution in [3.63, 3.8) is 0 Å². The van der Waals surface area contributed by atoms with Gasteiger partial charge in [-0.15, -0.1) is 0 Å². The zero-order valence-electron chi connectivity index (χ0n) is 15.9. The number of methoxy groups -OCH3 is 1. The van der Waals surface area contributed by atoms with Crippen LogP contribution in [0.25, 0.3) is 11.0 Å². The summed E-state index contributed by atoms with van der Waals surface area (Å²) in [5.41, 5.74) is 2.50. The Hall–Kier alpha value is -2.78. The van der Waals surface area contributed by atoms with E-state index >= 15 is 0 Å². The second-order valence-corrected chi connectivity index (χ2v) is 6.07. The molecule has 0 spiro atoms. The Morgan fingerprint density at radius 1 is 1.30 bits per heavy atom. The number of aromatic nitrogens is 5. The smallest absolute Gasteiger partial charge is 0.227 e. The van der Waals surface area contributed by atoms with Crippen molar-refractivity contribution in [2.45, 2.75) is 19.9 Å². The number of nitrogens with one attached hydrogen (secondary N) is 1. The predicted octanol–water partition coefficient (Wildman–Crippen LogP) is 1.60. The number of pyridine rings is 1. The second kappa shape index (κ2) is 8.74. The molecule has 0 bridgehead atoms. The van der Waals surface area contributed by atoms with Crippen LogP contribution in [0.15, 0.2) is 24.4 Å². The minimum atomic E-state index is 0.0225. The fourth-order valence-electron chi connectivity index (χ4n) is 2.78. The number of rotatable bonds is 9. The first-order valence-electron chi connectivity index (χ1n) is 8.94. The first-order chi connectivity index (χ1) is 13.2. The molecule has 2 N–H and O–H groups in total. The lowest BCUT2D eigenvalue weighted by Gasteiger charge is -2.17. The molecule has 3 heterocycles. The van der Waals surface area contributed by atoms with Crippen LogP contribution < -0.4 is 10.2 Å². The van der Waals surface area contributed by atoms with E-state index in [1.807, 2.05) is 41.8 Å². The van der Waals surface area contributed by atoms with Gasteiger partial charge in [-0.05, 0) is 18.6 Å². The van der Waals surface area contributed by atoms with Crippen molar-refractivity contribution < 1.29 is 9.84 Å². The summed E-state index contributed by atoms with van der Waals surface area (Å²) in [6.45, 7) is 3.64. The summed E-state index contributed by atoms with van der Waals surface area (Å²) in [6.07, 6.45) is 2.47. The van der Waals surface area contributed by atoms with Gasteiger partial charge in [-0.3, -0.25) is 4.68 Å². The highest BCUT2D eigenvalue weighted by atomic mass is 16.5. The predicted molar refractivity (Wildman–Crippen MR) is 104 cm³/mol. The molecule has 0 aliphatic rings. The zero-order valence-corrected chi connectivity index (χ0v) is 15.9. The average Bonchev–Trinajstić information content (AvgIpc) is 3.05. The van der Waals surface area contributed by atoms with Crippen LogP contribution in [0.3, 0.4) is 0 Å². The van der Waals surface area contributed by atoms with Crippen LogP contribution in [0.4, 0.5) is 17.6 Å². The minimum Gasteiger partial charge on any atom is -0.395 e. The Morgan fingerprint density at radius 2 is 2.15 bits per heavy atom. The van der Waals surface area contributed by atoms with Crippen LogP contribution in [-0.4, -0.2) is 63.8 Å². The van der Waals surface area contributed by atoms with Crippen LogP contribution in [-0.2, 0) is 17.7 Å². The Morgan fingerprint density at radius 3 is 2.81 bits per heavy atom. The van der Waals surface area contributed by atoms with E-state index < -0.39 is 0 Å². The molecule has 0 fully saturated rings. The monoisotopic (exact) mass is 371 g/mol. The van der Waals surface area contributed by atoms with Gasteiger partial charge in [0.15, 0.2) is 5.82 Å². The lowest BCUT2D eigenvalue weighted by Crippen LogP contribution is -2.24. The molecule has 0 radical (unpaired) electrons. The highest BCUT2D eigenvalue weighted by Gasteiger charge is 2.19.